The van der Waals surface area contributed by atoms with Crippen molar-refractivity contribution in [3.63, 3.8) is 0 Å². The molecule has 1 aromatic carbocycles. The average molecular weight is 395 g/mol. The summed E-state index contributed by atoms with van der Waals surface area (Å²) in [5.41, 5.74) is 1.59. The molecule has 0 aliphatic carbocycles. The number of benzene rings is 1. The standard InChI is InChI=1S/C13H13ClFIN2O/c1-7(14)13-17-11-5-10(16)9(15)4-12(11)18(13)8-2-3-19-6-8/h4-5,7-8H,2-3,6H2,1H3. The van der Waals surface area contributed by atoms with Gasteiger partial charge in [-0.15, -0.1) is 11.6 Å². The van der Waals surface area contributed by atoms with Crippen LogP contribution in [0.15, 0.2) is 12.1 Å². The number of hydrogen-bond donors (Lipinski definition) is 0. The minimum absolute atomic E-state index is 0.195. The quantitative estimate of drug-likeness (QED) is 0.568. The number of halogens is 3. The number of aromatic nitrogens is 2. The Kier molecular flexibility index (Phi) is 3.70. The molecular formula is C13H13ClFIN2O. The van der Waals surface area contributed by atoms with Crippen molar-refractivity contribution in [1.82, 2.24) is 9.55 Å². The molecule has 1 fully saturated rings. The van der Waals surface area contributed by atoms with Crippen molar-refractivity contribution in [2.75, 3.05) is 13.2 Å². The fourth-order valence-electron chi connectivity index (χ4n) is 2.50. The first-order valence-corrected chi connectivity index (χ1v) is 7.68. The summed E-state index contributed by atoms with van der Waals surface area (Å²) >= 11 is 8.20. The summed E-state index contributed by atoms with van der Waals surface area (Å²) in [6, 6.07) is 3.51. The predicted octanol–water partition coefficient (Wildman–Crippen LogP) is 4.04. The molecular weight excluding hydrogens is 382 g/mol. The molecule has 0 amide bonds. The molecule has 0 N–H and O–H groups in total. The lowest BCUT2D eigenvalue weighted by Crippen LogP contribution is -2.12. The van der Waals surface area contributed by atoms with Crippen LogP contribution in [0.3, 0.4) is 0 Å². The molecule has 3 nitrogen and oxygen atoms in total. The van der Waals surface area contributed by atoms with Crippen LogP contribution in [0.2, 0.25) is 0 Å². The second-order valence-electron chi connectivity index (χ2n) is 4.73. The minimum Gasteiger partial charge on any atom is -0.379 e. The summed E-state index contributed by atoms with van der Waals surface area (Å²) in [5, 5.41) is -0.214. The van der Waals surface area contributed by atoms with E-state index >= 15 is 0 Å². The van der Waals surface area contributed by atoms with Gasteiger partial charge in [-0.2, -0.15) is 0 Å². The number of alkyl halides is 1. The Morgan fingerprint density at radius 1 is 1.58 bits per heavy atom. The van der Waals surface area contributed by atoms with Gasteiger partial charge in [0.15, 0.2) is 0 Å². The summed E-state index contributed by atoms with van der Waals surface area (Å²) in [5.74, 6) is 0.565. The van der Waals surface area contributed by atoms with Crippen LogP contribution >= 0.6 is 34.2 Å². The number of fused-ring (bicyclic) bond motifs is 1. The predicted molar refractivity (Wildman–Crippen MR) is 81.1 cm³/mol. The number of imidazole rings is 1. The first kappa shape index (κ1) is 13.6. The average Bonchev–Trinajstić information content (AvgIpc) is 2.96. The van der Waals surface area contributed by atoms with E-state index in [0.717, 1.165) is 29.9 Å². The number of ether oxygens (including phenoxy) is 1. The molecule has 0 saturated carbocycles. The van der Waals surface area contributed by atoms with Crippen molar-refractivity contribution in [3.05, 3.63) is 27.3 Å². The highest BCUT2D eigenvalue weighted by molar-refractivity contribution is 14.1. The van der Waals surface area contributed by atoms with E-state index in [-0.39, 0.29) is 17.2 Å². The number of hydrogen-bond acceptors (Lipinski definition) is 2. The van der Waals surface area contributed by atoms with Crippen molar-refractivity contribution in [1.29, 1.82) is 0 Å². The van der Waals surface area contributed by atoms with E-state index in [1.807, 2.05) is 34.1 Å². The van der Waals surface area contributed by atoms with Gasteiger partial charge in [0, 0.05) is 12.7 Å². The van der Waals surface area contributed by atoms with Crippen LogP contribution in [0.5, 0.6) is 0 Å². The first-order chi connectivity index (χ1) is 9.08. The highest BCUT2D eigenvalue weighted by Crippen LogP contribution is 2.32. The van der Waals surface area contributed by atoms with Crippen LogP contribution in [0.1, 0.15) is 30.6 Å². The maximum atomic E-state index is 13.8. The van der Waals surface area contributed by atoms with Crippen LogP contribution in [0.4, 0.5) is 4.39 Å². The molecule has 3 rings (SSSR count). The van der Waals surface area contributed by atoms with Crippen LogP contribution < -0.4 is 0 Å². The zero-order valence-electron chi connectivity index (χ0n) is 10.4. The summed E-state index contributed by atoms with van der Waals surface area (Å²) in [6.07, 6.45) is 0.912. The summed E-state index contributed by atoms with van der Waals surface area (Å²) in [4.78, 5) is 4.56. The molecule has 2 atom stereocenters. The van der Waals surface area contributed by atoms with Gasteiger partial charge in [-0.1, -0.05) is 0 Å². The van der Waals surface area contributed by atoms with Gasteiger partial charge in [-0.25, -0.2) is 9.37 Å². The molecule has 1 aliphatic heterocycles. The van der Waals surface area contributed by atoms with E-state index in [4.69, 9.17) is 16.3 Å². The Hall–Kier alpha value is -0.400. The molecule has 19 heavy (non-hydrogen) atoms. The third-order valence-electron chi connectivity index (χ3n) is 3.39. The van der Waals surface area contributed by atoms with Crippen molar-refractivity contribution in [3.8, 4) is 0 Å². The summed E-state index contributed by atoms with van der Waals surface area (Å²) in [6.45, 7) is 3.25. The van der Waals surface area contributed by atoms with Gasteiger partial charge in [0.1, 0.15) is 11.6 Å². The third-order valence-corrected chi connectivity index (χ3v) is 4.41. The normalized spacial score (nSPS) is 21.2. The van der Waals surface area contributed by atoms with Gasteiger partial charge in [0.2, 0.25) is 0 Å². The van der Waals surface area contributed by atoms with Crippen molar-refractivity contribution < 1.29 is 9.13 Å². The molecule has 2 aromatic rings. The molecule has 2 unspecified atom stereocenters. The van der Waals surface area contributed by atoms with E-state index in [1.165, 1.54) is 0 Å². The van der Waals surface area contributed by atoms with E-state index in [0.29, 0.717) is 10.2 Å². The zero-order chi connectivity index (χ0) is 13.6. The smallest absolute Gasteiger partial charge is 0.138 e. The molecule has 2 heterocycles. The zero-order valence-corrected chi connectivity index (χ0v) is 13.3. The molecule has 1 saturated heterocycles. The molecule has 0 radical (unpaired) electrons. The lowest BCUT2D eigenvalue weighted by Gasteiger charge is -2.16. The monoisotopic (exact) mass is 394 g/mol. The number of nitrogens with zero attached hydrogens (tertiary/aromatic N) is 2. The Morgan fingerprint density at radius 2 is 2.37 bits per heavy atom. The fourth-order valence-corrected chi connectivity index (χ4v) is 3.10. The highest BCUT2D eigenvalue weighted by atomic mass is 127. The molecule has 0 spiro atoms. The molecule has 1 aliphatic rings. The summed E-state index contributed by atoms with van der Waals surface area (Å²) < 4.78 is 21.9. The van der Waals surface area contributed by atoms with Gasteiger partial charge >= 0.3 is 0 Å². The fraction of sp³-hybridized carbons (Fsp3) is 0.462. The second kappa shape index (κ2) is 5.18. The Morgan fingerprint density at radius 3 is 3.00 bits per heavy atom. The van der Waals surface area contributed by atoms with Crippen LogP contribution in [0, 0.1) is 9.39 Å². The van der Waals surface area contributed by atoms with Gasteiger partial charge in [-0.3, -0.25) is 0 Å². The maximum absolute atomic E-state index is 13.8. The van der Waals surface area contributed by atoms with Gasteiger partial charge < -0.3 is 9.30 Å². The van der Waals surface area contributed by atoms with E-state index in [1.54, 1.807) is 12.1 Å². The van der Waals surface area contributed by atoms with Crippen LogP contribution in [-0.2, 0) is 4.74 Å². The lowest BCUT2D eigenvalue weighted by atomic mass is 10.2. The van der Waals surface area contributed by atoms with Crippen molar-refractivity contribution in [2.24, 2.45) is 0 Å². The van der Waals surface area contributed by atoms with E-state index < -0.39 is 0 Å². The van der Waals surface area contributed by atoms with Crippen LogP contribution in [0.25, 0.3) is 11.0 Å². The largest absolute Gasteiger partial charge is 0.379 e. The van der Waals surface area contributed by atoms with Crippen molar-refractivity contribution in [2.45, 2.75) is 24.8 Å². The minimum atomic E-state index is -0.220. The van der Waals surface area contributed by atoms with Gasteiger partial charge in [-0.05, 0) is 42.0 Å². The van der Waals surface area contributed by atoms with Crippen molar-refractivity contribution >= 4 is 45.2 Å². The van der Waals surface area contributed by atoms with E-state index in [9.17, 15) is 4.39 Å². The second-order valence-corrected chi connectivity index (χ2v) is 6.55. The SMILES string of the molecule is CC(Cl)c1nc2cc(I)c(F)cc2n1C1CCOC1. The molecule has 6 heteroatoms. The van der Waals surface area contributed by atoms with E-state index in [2.05, 4.69) is 4.98 Å². The Bertz CT molecular complexity index is 623. The molecule has 1 aromatic heterocycles. The first-order valence-electron chi connectivity index (χ1n) is 6.16. The van der Waals surface area contributed by atoms with Crippen LogP contribution in [-0.4, -0.2) is 22.8 Å². The Labute approximate surface area is 129 Å². The third kappa shape index (κ3) is 2.36. The molecule has 0 bridgehead atoms. The highest BCUT2D eigenvalue weighted by Gasteiger charge is 2.25. The number of rotatable bonds is 2. The summed E-state index contributed by atoms with van der Waals surface area (Å²) in [7, 11) is 0. The lowest BCUT2D eigenvalue weighted by molar-refractivity contribution is 0.186. The van der Waals surface area contributed by atoms with Gasteiger partial charge in [0.25, 0.3) is 0 Å². The van der Waals surface area contributed by atoms with Gasteiger partial charge in [0.05, 0.1) is 32.6 Å². The Balaban J connectivity index is 2.25. The maximum Gasteiger partial charge on any atom is 0.138 e. The molecule has 102 valence electrons. The topological polar surface area (TPSA) is 27.1 Å².